The molecule has 0 bridgehead atoms. The molecule has 20 heavy (non-hydrogen) atoms. The second-order valence-electron chi connectivity index (χ2n) is 4.34. The summed E-state index contributed by atoms with van der Waals surface area (Å²) in [5.41, 5.74) is 0.853. The molecule has 2 aromatic rings. The Morgan fingerprint density at radius 1 is 1.40 bits per heavy atom. The van der Waals surface area contributed by atoms with E-state index in [0.717, 1.165) is 5.56 Å². The summed E-state index contributed by atoms with van der Waals surface area (Å²) < 4.78 is 13.8. The lowest BCUT2D eigenvalue weighted by atomic mass is 10.1. The van der Waals surface area contributed by atoms with Crippen LogP contribution in [0.2, 0.25) is 0 Å². The summed E-state index contributed by atoms with van der Waals surface area (Å²) in [4.78, 5) is 15.3. The summed E-state index contributed by atoms with van der Waals surface area (Å²) in [6.45, 7) is 0. The van der Waals surface area contributed by atoms with Crippen molar-refractivity contribution in [2.45, 2.75) is 17.4 Å². The van der Waals surface area contributed by atoms with Gasteiger partial charge in [-0.3, -0.25) is 13.7 Å². The highest BCUT2D eigenvalue weighted by molar-refractivity contribution is 7.85. The molecule has 1 N–H and O–H groups in total. The maximum atomic E-state index is 12.3. The Balaban J connectivity index is 2.11. The number of aliphatic carboxylic acids is 1. The lowest BCUT2D eigenvalue weighted by Crippen LogP contribution is -2.29. The van der Waals surface area contributed by atoms with E-state index < -0.39 is 22.0 Å². The topological polar surface area (TPSA) is 85.1 Å². The van der Waals surface area contributed by atoms with E-state index in [2.05, 4.69) is 10.1 Å². The van der Waals surface area contributed by atoms with Gasteiger partial charge in [-0.1, -0.05) is 30.3 Å². The lowest BCUT2D eigenvalue weighted by molar-refractivity contribution is -0.136. The normalized spacial score (nSPS) is 13.8. The van der Waals surface area contributed by atoms with Crippen LogP contribution in [0, 0.1) is 0 Å². The Morgan fingerprint density at radius 2 is 2.10 bits per heavy atom. The van der Waals surface area contributed by atoms with Gasteiger partial charge in [0.1, 0.15) is 17.4 Å². The quantitative estimate of drug-likeness (QED) is 0.850. The van der Waals surface area contributed by atoms with Crippen LogP contribution < -0.4 is 0 Å². The van der Waals surface area contributed by atoms with Crippen LogP contribution in [0.15, 0.2) is 36.7 Å². The molecule has 0 saturated carbocycles. The van der Waals surface area contributed by atoms with E-state index >= 15 is 0 Å². The molecule has 1 aromatic heterocycles. The summed E-state index contributed by atoms with van der Waals surface area (Å²) in [5.74, 6) is -0.461. The molecule has 0 amide bonds. The van der Waals surface area contributed by atoms with Gasteiger partial charge >= 0.3 is 5.97 Å². The SMILES string of the molecule is Cn1ncnc1CS(=O)C(Cc1ccccc1)C(=O)O. The predicted octanol–water partition coefficient (Wildman–Crippen LogP) is 0.760. The number of aryl methyl sites for hydroxylation is 1. The highest BCUT2D eigenvalue weighted by Crippen LogP contribution is 2.11. The van der Waals surface area contributed by atoms with Crippen molar-refractivity contribution in [2.75, 3.05) is 0 Å². The summed E-state index contributed by atoms with van der Waals surface area (Å²) >= 11 is 0. The maximum absolute atomic E-state index is 12.3. The van der Waals surface area contributed by atoms with Gasteiger partial charge in [-0.2, -0.15) is 5.10 Å². The third-order valence-corrected chi connectivity index (χ3v) is 4.48. The van der Waals surface area contributed by atoms with Crippen molar-refractivity contribution >= 4 is 16.8 Å². The molecule has 0 radical (unpaired) electrons. The molecule has 6 nitrogen and oxygen atoms in total. The highest BCUT2D eigenvalue weighted by Gasteiger charge is 2.26. The van der Waals surface area contributed by atoms with Crippen molar-refractivity contribution in [3.63, 3.8) is 0 Å². The average molecular weight is 293 g/mol. The van der Waals surface area contributed by atoms with Crippen LogP contribution in [-0.2, 0) is 34.8 Å². The second kappa shape index (κ2) is 6.42. The Kier molecular flexibility index (Phi) is 4.62. The lowest BCUT2D eigenvalue weighted by Gasteiger charge is -2.12. The fourth-order valence-corrected chi connectivity index (χ4v) is 3.12. The van der Waals surface area contributed by atoms with Crippen molar-refractivity contribution in [2.24, 2.45) is 7.05 Å². The first-order chi connectivity index (χ1) is 9.58. The van der Waals surface area contributed by atoms with Crippen LogP contribution in [0.5, 0.6) is 0 Å². The van der Waals surface area contributed by atoms with Gasteiger partial charge in [0.15, 0.2) is 0 Å². The average Bonchev–Trinajstić information content (AvgIpc) is 2.82. The van der Waals surface area contributed by atoms with Crippen molar-refractivity contribution in [1.29, 1.82) is 0 Å². The minimum Gasteiger partial charge on any atom is -0.480 e. The number of nitrogens with zero attached hydrogens (tertiary/aromatic N) is 3. The Hall–Kier alpha value is -2.02. The number of benzene rings is 1. The van der Waals surface area contributed by atoms with Gasteiger partial charge in [0.2, 0.25) is 0 Å². The number of carbonyl (C=O) groups is 1. The van der Waals surface area contributed by atoms with Crippen molar-refractivity contribution in [3.05, 3.63) is 48.0 Å². The molecule has 0 aliphatic carbocycles. The van der Waals surface area contributed by atoms with Crippen molar-refractivity contribution < 1.29 is 14.1 Å². The van der Waals surface area contributed by atoms with E-state index in [1.54, 1.807) is 7.05 Å². The van der Waals surface area contributed by atoms with Crippen LogP contribution in [0.4, 0.5) is 0 Å². The number of hydrogen-bond acceptors (Lipinski definition) is 4. The Morgan fingerprint density at radius 3 is 2.65 bits per heavy atom. The monoisotopic (exact) mass is 293 g/mol. The van der Waals surface area contributed by atoms with Gasteiger partial charge < -0.3 is 5.11 Å². The molecule has 2 rings (SSSR count). The fourth-order valence-electron chi connectivity index (χ4n) is 1.80. The van der Waals surface area contributed by atoms with E-state index in [1.807, 2.05) is 30.3 Å². The van der Waals surface area contributed by atoms with Crippen molar-refractivity contribution in [1.82, 2.24) is 14.8 Å². The molecule has 2 atom stereocenters. The predicted molar refractivity (Wildman–Crippen MR) is 74.4 cm³/mol. The van der Waals surface area contributed by atoms with Crippen LogP contribution >= 0.6 is 0 Å². The number of carboxylic acids is 1. The number of hydrogen-bond donors (Lipinski definition) is 1. The molecule has 7 heteroatoms. The van der Waals surface area contributed by atoms with Gasteiger partial charge in [0.25, 0.3) is 0 Å². The Labute approximate surface area is 118 Å². The van der Waals surface area contributed by atoms with E-state index in [4.69, 9.17) is 0 Å². The van der Waals surface area contributed by atoms with E-state index in [0.29, 0.717) is 5.82 Å². The zero-order valence-corrected chi connectivity index (χ0v) is 11.8. The Bertz CT molecular complexity index is 612. The summed E-state index contributed by atoms with van der Waals surface area (Å²) in [5, 5.41) is 12.2. The third kappa shape index (κ3) is 3.51. The van der Waals surface area contributed by atoms with Gasteiger partial charge in [-0.15, -0.1) is 0 Å². The largest absolute Gasteiger partial charge is 0.480 e. The highest BCUT2D eigenvalue weighted by atomic mass is 32.2. The van der Waals surface area contributed by atoms with Gasteiger partial charge in [0, 0.05) is 17.8 Å². The first kappa shape index (κ1) is 14.4. The molecule has 0 aliphatic heterocycles. The second-order valence-corrected chi connectivity index (χ2v) is 5.96. The molecule has 0 saturated heterocycles. The molecule has 0 fully saturated rings. The fraction of sp³-hybridized carbons (Fsp3) is 0.308. The van der Waals surface area contributed by atoms with Crippen LogP contribution in [0.1, 0.15) is 11.4 Å². The zero-order valence-electron chi connectivity index (χ0n) is 11.0. The van der Waals surface area contributed by atoms with Crippen LogP contribution in [-0.4, -0.2) is 35.3 Å². The maximum Gasteiger partial charge on any atom is 0.319 e. The van der Waals surface area contributed by atoms with Gasteiger partial charge in [0.05, 0.1) is 5.75 Å². The van der Waals surface area contributed by atoms with Gasteiger partial charge in [-0.05, 0) is 12.0 Å². The van der Waals surface area contributed by atoms with E-state index in [1.165, 1.54) is 11.0 Å². The molecular weight excluding hydrogens is 278 g/mol. The number of carboxylic acid groups (broad SMARTS) is 1. The van der Waals surface area contributed by atoms with Crippen LogP contribution in [0.3, 0.4) is 0 Å². The molecule has 1 heterocycles. The van der Waals surface area contributed by atoms with E-state index in [-0.39, 0.29) is 12.2 Å². The molecule has 106 valence electrons. The summed E-state index contributed by atoms with van der Waals surface area (Å²) in [7, 11) is 0.136. The van der Waals surface area contributed by atoms with Crippen molar-refractivity contribution in [3.8, 4) is 0 Å². The van der Waals surface area contributed by atoms with Crippen LogP contribution in [0.25, 0.3) is 0 Å². The molecule has 1 aromatic carbocycles. The van der Waals surface area contributed by atoms with E-state index in [9.17, 15) is 14.1 Å². The smallest absolute Gasteiger partial charge is 0.319 e. The molecule has 0 spiro atoms. The number of aromatic nitrogens is 3. The first-order valence-corrected chi connectivity index (χ1v) is 7.43. The molecule has 2 unspecified atom stereocenters. The standard InChI is InChI=1S/C13H15N3O3S/c1-16-12(14-9-15-16)8-20(19)11(13(17)18)7-10-5-3-2-4-6-10/h2-6,9,11H,7-8H2,1H3,(H,17,18). The minimum atomic E-state index is -1.55. The number of rotatable bonds is 6. The molecular formula is C13H15N3O3S. The minimum absolute atomic E-state index is 0.0836. The summed E-state index contributed by atoms with van der Waals surface area (Å²) in [6.07, 6.45) is 1.60. The van der Waals surface area contributed by atoms with Gasteiger partial charge in [-0.25, -0.2) is 4.98 Å². The molecule has 0 aliphatic rings. The summed E-state index contributed by atoms with van der Waals surface area (Å²) in [6, 6.07) is 9.18. The first-order valence-electron chi connectivity index (χ1n) is 6.04. The zero-order chi connectivity index (χ0) is 14.5. The third-order valence-electron chi connectivity index (χ3n) is 2.93.